The molecule has 2 aromatic heterocycles. The number of fused-ring (bicyclic) bond motifs is 5. The van der Waals surface area contributed by atoms with Crippen LogP contribution in [0, 0.1) is 0 Å². The predicted molar refractivity (Wildman–Crippen MR) is 243 cm³/mol. The van der Waals surface area contributed by atoms with Crippen molar-refractivity contribution in [1.29, 1.82) is 0 Å². The van der Waals surface area contributed by atoms with Gasteiger partial charge in [0.2, 0.25) is 0 Å². The van der Waals surface area contributed by atoms with Gasteiger partial charge in [-0.2, -0.15) is 0 Å². The molecule has 0 saturated carbocycles. The summed E-state index contributed by atoms with van der Waals surface area (Å²) in [6.45, 7) is 4.66. The third-order valence-electron chi connectivity index (χ3n) is 11.9. The molecule has 0 unspecified atom stereocenters. The van der Waals surface area contributed by atoms with E-state index in [4.69, 9.17) is 19.9 Å². The van der Waals surface area contributed by atoms with Gasteiger partial charge in [-0.3, -0.25) is 0 Å². The Bertz CT molecular complexity index is 3150. The first-order valence-electron chi connectivity index (χ1n) is 20.1. The standard InChI is InChI=1S/C55H38N4/c1-55(2)48-25-15-14-24-43(48)46-32-47-45(33-50(36-16-6-3-7-17-36)56-51(47)34-49(46)55)41-30-40-22-12-13-23-42(40)44(31-41)35-26-28-39(29-27-35)54-58-52(37-18-8-4-9-19-37)57-53(59-54)38-20-10-5-11-21-38/h3-34H,1-2H3. The molecule has 11 rings (SSSR count). The van der Waals surface area contributed by atoms with E-state index in [1.165, 1.54) is 33.0 Å². The Labute approximate surface area is 343 Å². The molecule has 2 heterocycles. The first-order valence-corrected chi connectivity index (χ1v) is 20.1. The number of pyridine rings is 1. The van der Waals surface area contributed by atoms with Crippen molar-refractivity contribution in [2.24, 2.45) is 0 Å². The minimum Gasteiger partial charge on any atom is -0.248 e. The van der Waals surface area contributed by atoms with Gasteiger partial charge < -0.3 is 0 Å². The van der Waals surface area contributed by atoms with E-state index < -0.39 is 0 Å². The molecule has 0 N–H and O–H groups in total. The Balaban J connectivity index is 1.08. The third-order valence-corrected chi connectivity index (χ3v) is 11.9. The zero-order chi connectivity index (χ0) is 39.5. The van der Waals surface area contributed by atoms with Gasteiger partial charge in [0, 0.05) is 33.1 Å². The molecule has 8 aromatic carbocycles. The summed E-state index contributed by atoms with van der Waals surface area (Å²) in [5, 5.41) is 3.52. The lowest BCUT2D eigenvalue weighted by Gasteiger charge is -2.22. The van der Waals surface area contributed by atoms with Crippen LogP contribution in [0.2, 0.25) is 0 Å². The summed E-state index contributed by atoms with van der Waals surface area (Å²) in [5.41, 5.74) is 15.6. The molecular weight excluding hydrogens is 717 g/mol. The van der Waals surface area contributed by atoms with Crippen molar-refractivity contribution in [3.8, 4) is 78.8 Å². The number of aromatic nitrogens is 4. The van der Waals surface area contributed by atoms with Crippen molar-refractivity contribution in [2.45, 2.75) is 19.3 Å². The van der Waals surface area contributed by atoms with Gasteiger partial charge in [0.1, 0.15) is 0 Å². The lowest BCUT2D eigenvalue weighted by Crippen LogP contribution is -2.14. The summed E-state index contributed by atoms with van der Waals surface area (Å²) in [5.74, 6) is 1.93. The molecule has 278 valence electrons. The van der Waals surface area contributed by atoms with Crippen molar-refractivity contribution in [2.75, 3.05) is 0 Å². The number of benzene rings is 8. The topological polar surface area (TPSA) is 51.6 Å². The first-order chi connectivity index (χ1) is 29.0. The highest BCUT2D eigenvalue weighted by atomic mass is 15.0. The van der Waals surface area contributed by atoms with Gasteiger partial charge in [-0.15, -0.1) is 0 Å². The lowest BCUT2D eigenvalue weighted by atomic mass is 9.82. The SMILES string of the molecule is CC1(C)c2ccccc2-c2cc3c(-c4cc(-c5ccc(-c6nc(-c7ccccc7)nc(-c7ccccc7)n6)cc5)c5ccccc5c4)cc(-c4ccccc4)nc3cc21. The number of rotatable bonds is 6. The van der Waals surface area contributed by atoms with Crippen LogP contribution in [0.1, 0.15) is 25.0 Å². The minimum atomic E-state index is -0.124. The highest BCUT2D eigenvalue weighted by Crippen LogP contribution is 2.51. The maximum Gasteiger partial charge on any atom is 0.164 e. The van der Waals surface area contributed by atoms with Crippen molar-refractivity contribution in [1.82, 2.24) is 19.9 Å². The summed E-state index contributed by atoms with van der Waals surface area (Å²) in [6, 6.07) is 68.6. The Kier molecular flexibility index (Phi) is 8.12. The van der Waals surface area contributed by atoms with Crippen molar-refractivity contribution in [3.63, 3.8) is 0 Å². The van der Waals surface area contributed by atoms with Crippen molar-refractivity contribution < 1.29 is 0 Å². The first kappa shape index (κ1) is 34.7. The minimum absolute atomic E-state index is 0.124. The van der Waals surface area contributed by atoms with Crippen LogP contribution in [0.3, 0.4) is 0 Å². The largest absolute Gasteiger partial charge is 0.248 e. The van der Waals surface area contributed by atoms with Crippen LogP contribution in [-0.2, 0) is 5.41 Å². The number of hydrogen-bond acceptors (Lipinski definition) is 4. The summed E-state index contributed by atoms with van der Waals surface area (Å²) in [6.07, 6.45) is 0. The van der Waals surface area contributed by atoms with E-state index in [-0.39, 0.29) is 5.41 Å². The monoisotopic (exact) mass is 754 g/mol. The van der Waals surface area contributed by atoms with Crippen LogP contribution in [0.5, 0.6) is 0 Å². The second-order valence-electron chi connectivity index (χ2n) is 15.9. The van der Waals surface area contributed by atoms with Crippen LogP contribution in [0.15, 0.2) is 194 Å². The van der Waals surface area contributed by atoms with E-state index >= 15 is 0 Å². The Morgan fingerprint density at radius 3 is 1.51 bits per heavy atom. The molecule has 59 heavy (non-hydrogen) atoms. The molecule has 10 aromatic rings. The van der Waals surface area contributed by atoms with E-state index in [0.717, 1.165) is 61.1 Å². The summed E-state index contributed by atoms with van der Waals surface area (Å²) < 4.78 is 0. The molecule has 4 heteroatoms. The van der Waals surface area contributed by atoms with Gasteiger partial charge in [-0.25, -0.2) is 19.9 Å². The van der Waals surface area contributed by atoms with E-state index in [0.29, 0.717) is 17.5 Å². The molecule has 0 amide bonds. The van der Waals surface area contributed by atoms with Gasteiger partial charge >= 0.3 is 0 Å². The zero-order valence-electron chi connectivity index (χ0n) is 32.8. The molecule has 1 aliphatic carbocycles. The normalized spacial score (nSPS) is 12.7. The number of nitrogens with zero attached hydrogens (tertiary/aromatic N) is 4. The van der Waals surface area contributed by atoms with Gasteiger partial charge in [0.15, 0.2) is 17.5 Å². The van der Waals surface area contributed by atoms with Crippen LogP contribution in [0.25, 0.3) is 100 Å². The Morgan fingerprint density at radius 1 is 0.322 bits per heavy atom. The Hall–Kier alpha value is -7.56. The summed E-state index contributed by atoms with van der Waals surface area (Å²) in [7, 11) is 0. The predicted octanol–water partition coefficient (Wildman–Crippen LogP) is 13.9. The lowest BCUT2D eigenvalue weighted by molar-refractivity contribution is 0.661. The zero-order valence-corrected chi connectivity index (χ0v) is 32.8. The van der Waals surface area contributed by atoms with Gasteiger partial charge in [-0.05, 0) is 85.6 Å². The van der Waals surface area contributed by atoms with E-state index in [1.807, 2.05) is 60.7 Å². The molecule has 1 aliphatic rings. The highest BCUT2D eigenvalue weighted by molar-refractivity contribution is 6.06. The molecule has 0 atom stereocenters. The molecule has 0 saturated heterocycles. The van der Waals surface area contributed by atoms with Crippen LogP contribution in [0.4, 0.5) is 0 Å². The highest BCUT2D eigenvalue weighted by Gasteiger charge is 2.36. The summed E-state index contributed by atoms with van der Waals surface area (Å²) >= 11 is 0. The van der Waals surface area contributed by atoms with Crippen LogP contribution in [-0.4, -0.2) is 19.9 Å². The third kappa shape index (κ3) is 6.00. The molecular formula is C55H38N4. The fourth-order valence-corrected chi connectivity index (χ4v) is 8.86. The molecule has 0 spiro atoms. The van der Waals surface area contributed by atoms with Crippen LogP contribution < -0.4 is 0 Å². The maximum absolute atomic E-state index is 5.35. The average molecular weight is 755 g/mol. The number of hydrogen-bond donors (Lipinski definition) is 0. The fourth-order valence-electron chi connectivity index (χ4n) is 8.86. The van der Waals surface area contributed by atoms with E-state index in [1.54, 1.807) is 0 Å². The summed E-state index contributed by atoms with van der Waals surface area (Å²) in [4.78, 5) is 20.2. The maximum atomic E-state index is 5.35. The average Bonchev–Trinajstić information content (AvgIpc) is 3.53. The molecule has 0 fully saturated rings. The molecule has 0 radical (unpaired) electrons. The van der Waals surface area contributed by atoms with E-state index in [9.17, 15) is 0 Å². The molecule has 0 aliphatic heterocycles. The Morgan fingerprint density at radius 2 is 0.847 bits per heavy atom. The van der Waals surface area contributed by atoms with Crippen molar-refractivity contribution in [3.05, 3.63) is 205 Å². The van der Waals surface area contributed by atoms with Gasteiger partial charge in [0.25, 0.3) is 0 Å². The molecule has 0 bridgehead atoms. The smallest absolute Gasteiger partial charge is 0.164 e. The second kappa shape index (κ2) is 13.8. The van der Waals surface area contributed by atoms with Gasteiger partial charge in [0.05, 0.1) is 11.2 Å². The van der Waals surface area contributed by atoms with Crippen molar-refractivity contribution >= 4 is 21.7 Å². The second-order valence-corrected chi connectivity index (χ2v) is 15.9. The quantitative estimate of drug-likeness (QED) is 0.170. The molecule has 4 nitrogen and oxygen atoms in total. The van der Waals surface area contributed by atoms with E-state index in [2.05, 4.69) is 147 Å². The van der Waals surface area contributed by atoms with Gasteiger partial charge in [-0.1, -0.05) is 178 Å². The van der Waals surface area contributed by atoms with Crippen LogP contribution >= 0.6 is 0 Å². The fraction of sp³-hybridized carbons (Fsp3) is 0.0545.